The summed E-state index contributed by atoms with van der Waals surface area (Å²) in [7, 11) is 1.70. The zero-order valence-corrected chi connectivity index (χ0v) is 16.4. The van der Waals surface area contributed by atoms with Gasteiger partial charge in [-0.25, -0.2) is 9.37 Å². The molecule has 0 aliphatic carbocycles. The maximum absolute atomic E-state index is 14.7. The Morgan fingerprint density at radius 1 is 1.31 bits per heavy atom. The van der Waals surface area contributed by atoms with Crippen molar-refractivity contribution in [3.05, 3.63) is 40.7 Å². The number of hydrogen-bond acceptors (Lipinski definition) is 4. The van der Waals surface area contributed by atoms with E-state index in [0.29, 0.717) is 11.2 Å². The molecule has 140 valence electrons. The molecule has 0 aliphatic heterocycles. The molecule has 1 aromatic carbocycles. The van der Waals surface area contributed by atoms with Crippen LogP contribution in [-0.2, 0) is 6.42 Å². The Hall–Kier alpha value is -2.43. The van der Waals surface area contributed by atoms with Crippen LogP contribution >= 0.6 is 0 Å². The predicted octanol–water partition coefficient (Wildman–Crippen LogP) is 4.48. The van der Waals surface area contributed by atoms with Crippen molar-refractivity contribution in [2.75, 3.05) is 25.0 Å². The number of aliphatic imine (C=N–C) groups is 1. The smallest absolute Gasteiger partial charge is 0.149 e. The van der Waals surface area contributed by atoms with Crippen LogP contribution in [0.25, 0.3) is 16.6 Å². The van der Waals surface area contributed by atoms with Crippen molar-refractivity contribution in [3.63, 3.8) is 0 Å². The molecule has 0 aliphatic rings. The Balaban J connectivity index is 2.87. The van der Waals surface area contributed by atoms with Gasteiger partial charge >= 0.3 is 0 Å². The lowest BCUT2D eigenvalue weighted by atomic mass is 9.98. The lowest BCUT2D eigenvalue weighted by Crippen LogP contribution is -2.27. The minimum atomic E-state index is -0.277. The third-order valence-corrected chi connectivity index (χ3v) is 4.62. The third-order valence-electron chi connectivity index (χ3n) is 4.62. The number of aryl methyl sites for hydroxylation is 2. The number of aromatic nitrogens is 1. The Labute approximate surface area is 155 Å². The highest BCUT2D eigenvalue weighted by Gasteiger charge is 2.20. The van der Waals surface area contributed by atoms with Gasteiger partial charge in [0.15, 0.2) is 0 Å². The summed E-state index contributed by atoms with van der Waals surface area (Å²) >= 11 is 0. The molecule has 0 radical (unpaired) electrons. The van der Waals surface area contributed by atoms with Crippen molar-refractivity contribution in [1.29, 1.82) is 0 Å². The lowest BCUT2D eigenvalue weighted by molar-refractivity contribution is 0.634. The molecule has 0 saturated heterocycles. The van der Waals surface area contributed by atoms with Gasteiger partial charge in [-0.1, -0.05) is 13.8 Å². The number of nitrogens with zero attached hydrogens (tertiary/aromatic N) is 3. The first kappa shape index (κ1) is 19.9. The van der Waals surface area contributed by atoms with E-state index in [0.717, 1.165) is 53.8 Å². The molecule has 2 N–H and O–H groups in total. The molecule has 0 saturated carbocycles. The fraction of sp³-hybridized carbons (Fsp3) is 0.429. The molecule has 2 aromatic rings. The van der Waals surface area contributed by atoms with Crippen LogP contribution in [0.3, 0.4) is 0 Å². The van der Waals surface area contributed by atoms with Gasteiger partial charge < -0.3 is 10.6 Å². The molecular weight excluding hydrogens is 327 g/mol. The second-order valence-corrected chi connectivity index (χ2v) is 6.37. The van der Waals surface area contributed by atoms with Crippen molar-refractivity contribution < 1.29 is 4.39 Å². The lowest BCUT2D eigenvalue weighted by Gasteiger charge is -2.26. The maximum atomic E-state index is 14.7. The highest BCUT2D eigenvalue weighted by Crippen LogP contribution is 2.33. The Kier molecular flexibility index (Phi) is 6.72. The van der Waals surface area contributed by atoms with Crippen LogP contribution in [0.2, 0.25) is 0 Å². The molecule has 0 spiro atoms. The molecule has 5 heteroatoms. The van der Waals surface area contributed by atoms with Crippen LogP contribution in [0.4, 0.5) is 10.2 Å². The molecule has 4 nitrogen and oxygen atoms in total. The van der Waals surface area contributed by atoms with E-state index >= 15 is 0 Å². The van der Waals surface area contributed by atoms with Crippen molar-refractivity contribution in [3.8, 4) is 0 Å². The molecule has 2 rings (SSSR count). The standard InChI is InChI=1S/C21H29FN4/c1-6-11-26(8-3)21-19(18(23)9-10-24-5)14(4)16-12-15(7-2)13-17(22)20(16)25-21/h9-10,12-13H,6-8,11,23H2,1-5H3/b18-9-,24-10?. The van der Waals surface area contributed by atoms with Crippen LogP contribution in [0.15, 0.2) is 23.2 Å². The normalized spacial score (nSPS) is 12.3. The number of anilines is 1. The summed E-state index contributed by atoms with van der Waals surface area (Å²) < 4.78 is 14.7. The van der Waals surface area contributed by atoms with Crippen molar-refractivity contribution in [1.82, 2.24) is 4.98 Å². The van der Waals surface area contributed by atoms with E-state index in [9.17, 15) is 4.39 Å². The zero-order valence-electron chi connectivity index (χ0n) is 16.4. The highest BCUT2D eigenvalue weighted by molar-refractivity contribution is 5.95. The summed E-state index contributed by atoms with van der Waals surface area (Å²) in [5, 5.41) is 0.818. The van der Waals surface area contributed by atoms with Gasteiger partial charge in [-0.15, -0.1) is 0 Å². The van der Waals surface area contributed by atoms with Crippen LogP contribution < -0.4 is 10.6 Å². The van der Waals surface area contributed by atoms with E-state index in [-0.39, 0.29) is 5.82 Å². The van der Waals surface area contributed by atoms with E-state index in [1.54, 1.807) is 25.4 Å². The summed E-state index contributed by atoms with van der Waals surface area (Å²) in [6.45, 7) is 9.82. The molecule has 26 heavy (non-hydrogen) atoms. The fourth-order valence-corrected chi connectivity index (χ4v) is 3.22. The number of pyridine rings is 1. The molecule has 1 aromatic heterocycles. The van der Waals surface area contributed by atoms with Crippen molar-refractivity contribution >= 4 is 28.6 Å². The van der Waals surface area contributed by atoms with Crippen LogP contribution in [0, 0.1) is 12.7 Å². The first-order chi connectivity index (χ1) is 12.5. The summed E-state index contributed by atoms with van der Waals surface area (Å²) in [6, 6.07) is 3.60. The third kappa shape index (κ3) is 3.87. The first-order valence-electron chi connectivity index (χ1n) is 9.24. The number of rotatable bonds is 7. The van der Waals surface area contributed by atoms with Crippen LogP contribution in [-0.4, -0.2) is 31.3 Å². The monoisotopic (exact) mass is 356 g/mol. The van der Waals surface area contributed by atoms with Crippen molar-refractivity contribution in [2.45, 2.75) is 40.5 Å². The average molecular weight is 356 g/mol. The fourth-order valence-electron chi connectivity index (χ4n) is 3.22. The zero-order chi connectivity index (χ0) is 19.3. The number of hydrogen-bond donors (Lipinski definition) is 1. The average Bonchev–Trinajstić information content (AvgIpc) is 2.64. The Morgan fingerprint density at radius 2 is 2.04 bits per heavy atom. The number of halogens is 1. The summed E-state index contributed by atoms with van der Waals surface area (Å²) in [6.07, 6.45) is 5.19. The largest absolute Gasteiger partial charge is 0.398 e. The molecule has 1 heterocycles. The van der Waals surface area contributed by atoms with Gasteiger partial charge in [0.05, 0.1) is 0 Å². The van der Waals surface area contributed by atoms with E-state index in [1.165, 1.54) is 0 Å². The maximum Gasteiger partial charge on any atom is 0.149 e. The summed E-state index contributed by atoms with van der Waals surface area (Å²) in [5.74, 6) is 0.459. The number of nitrogens with two attached hydrogens (primary N) is 1. The van der Waals surface area contributed by atoms with Crippen molar-refractivity contribution in [2.24, 2.45) is 10.7 Å². The quantitative estimate of drug-likeness (QED) is 0.744. The Morgan fingerprint density at radius 3 is 2.62 bits per heavy atom. The predicted molar refractivity (Wildman–Crippen MR) is 111 cm³/mol. The van der Waals surface area contributed by atoms with Crippen LogP contribution in [0.1, 0.15) is 43.9 Å². The molecular formula is C21H29FN4. The van der Waals surface area contributed by atoms with Gasteiger partial charge in [0.2, 0.25) is 0 Å². The van der Waals surface area contributed by atoms with E-state index in [2.05, 4.69) is 23.7 Å². The molecule has 0 amide bonds. The Bertz CT molecular complexity index is 840. The van der Waals surface area contributed by atoms with Gasteiger partial charge in [-0.3, -0.25) is 4.99 Å². The van der Waals surface area contributed by atoms with Gasteiger partial charge in [0, 0.05) is 43.0 Å². The van der Waals surface area contributed by atoms with Gasteiger partial charge in [-0.05, 0) is 56.0 Å². The summed E-state index contributed by atoms with van der Waals surface area (Å²) in [4.78, 5) is 10.9. The number of allylic oxidation sites excluding steroid dienone is 1. The van der Waals surface area contributed by atoms with Gasteiger partial charge in [-0.2, -0.15) is 0 Å². The minimum absolute atomic E-state index is 0.277. The SMILES string of the molecule is CCCN(CC)c1nc2c(F)cc(CC)cc2c(C)c1/C(N)=C/C=NC. The topological polar surface area (TPSA) is 54.5 Å². The molecule has 0 fully saturated rings. The molecule has 0 unspecified atom stereocenters. The van der Waals surface area contributed by atoms with Gasteiger partial charge in [0.25, 0.3) is 0 Å². The highest BCUT2D eigenvalue weighted by atomic mass is 19.1. The second-order valence-electron chi connectivity index (χ2n) is 6.37. The van der Waals surface area contributed by atoms with Crippen LogP contribution in [0.5, 0.6) is 0 Å². The van der Waals surface area contributed by atoms with Gasteiger partial charge in [0.1, 0.15) is 17.2 Å². The molecule has 0 atom stereocenters. The van der Waals surface area contributed by atoms with E-state index < -0.39 is 0 Å². The molecule has 0 bridgehead atoms. The second kappa shape index (κ2) is 8.79. The number of fused-ring (bicyclic) bond motifs is 1. The van der Waals surface area contributed by atoms with E-state index in [4.69, 9.17) is 10.7 Å². The number of benzene rings is 1. The van der Waals surface area contributed by atoms with E-state index in [1.807, 2.05) is 19.9 Å². The summed E-state index contributed by atoms with van der Waals surface area (Å²) in [5.41, 5.74) is 10.1. The first-order valence-corrected chi connectivity index (χ1v) is 9.24. The minimum Gasteiger partial charge on any atom is -0.398 e.